The van der Waals surface area contributed by atoms with E-state index in [-0.39, 0.29) is 5.78 Å². The van der Waals surface area contributed by atoms with Crippen molar-refractivity contribution < 1.29 is 4.79 Å². The number of benzene rings is 2. The van der Waals surface area contributed by atoms with Crippen LogP contribution in [0.4, 0.5) is 5.69 Å². The average Bonchev–Trinajstić information content (AvgIpc) is 2.38. The van der Waals surface area contributed by atoms with Crippen molar-refractivity contribution in [3.8, 4) is 0 Å². The van der Waals surface area contributed by atoms with Crippen molar-refractivity contribution in [2.45, 2.75) is 13.5 Å². The fourth-order valence-corrected chi connectivity index (χ4v) is 2.57. The van der Waals surface area contributed by atoms with Gasteiger partial charge in [-0.25, -0.2) is 0 Å². The fraction of sp³-hybridized carbons (Fsp3) is 0.188. The van der Waals surface area contributed by atoms with Crippen molar-refractivity contribution in [2.24, 2.45) is 0 Å². The second-order valence-corrected chi connectivity index (χ2v) is 5.55. The number of anilines is 1. The van der Waals surface area contributed by atoms with Gasteiger partial charge in [0.05, 0.1) is 10.7 Å². The number of ketones is 1. The van der Waals surface area contributed by atoms with Gasteiger partial charge in [0.2, 0.25) is 0 Å². The molecule has 0 unspecified atom stereocenters. The predicted molar refractivity (Wildman–Crippen MR) is 85.0 cm³/mol. The summed E-state index contributed by atoms with van der Waals surface area (Å²) in [5, 5.41) is 1.29. The van der Waals surface area contributed by atoms with Crippen molar-refractivity contribution in [2.75, 3.05) is 11.9 Å². The molecular weight excluding hydrogens is 293 g/mol. The number of halogens is 2. The highest BCUT2D eigenvalue weighted by Crippen LogP contribution is 2.27. The number of rotatable bonds is 4. The molecule has 0 aromatic heterocycles. The second kappa shape index (κ2) is 6.29. The quantitative estimate of drug-likeness (QED) is 0.754. The maximum atomic E-state index is 11.3. The molecule has 0 fully saturated rings. The Morgan fingerprint density at radius 2 is 1.90 bits per heavy atom. The first-order valence-electron chi connectivity index (χ1n) is 6.23. The van der Waals surface area contributed by atoms with Crippen molar-refractivity contribution in [1.29, 1.82) is 0 Å². The number of Topliss-reactive ketones (excluding diaryl/α,β-unsaturated/α-hetero) is 1. The van der Waals surface area contributed by atoms with E-state index < -0.39 is 0 Å². The molecule has 0 aliphatic rings. The highest BCUT2D eigenvalue weighted by atomic mass is 35.5. The van der Waals surface area contributed by atoms with Gasteiger partial charge >= 0.3 is 0 Å². The van der Waals surface area contributed by atoms with E-state index in [0.29, 0.717) is 22.2 Å². The van der Waals surface area contributed by atoms with Crippen LogP contribution in [0.5, 0.6) is 0 Å². The Morgan fingerprint density at radius 3 is 2.50 bits per heavy atom. The van der Waals surface area contributed by atoms with Crippen molar-refractivity contribution in [3.05, 3.63) is 63.6 Å². The highest BCUT2D eigenvalue weighted by molar-refractivity contribution is 6.33. The molecule has 4 heteroatoms. The molecule has 0 saturated carbocycles. The smallest absolute Gasteiger partial charge is 0.159 e. The number of carbonyl (C=O) groups excluding carboxylic acids is 1. The van der Waals surface area contributed by atoms with Gasteiger partial charge in [-0.2, -0.15) is 0 Å². The van der Waals surface area contributed by atoms with Gasteiger partial charge in [-0.1, -0.05) is 35.3 Å². The van der Waals surface area contributed by atoms with E-state index in [1.807, 2.05) is 42.3 Å². The summed E-state index contributed by atoms with van der Waals surface area (Å²) in [5.41, 5.74) is 2.61. The molecule has 2 aromatic rings. The zero-order chi connectivity index (χ0) is 14.7. The van der Waals surface area contributed by atoms with Crippen LogP contribution in [0.2, 0.25) is 10.0 Å². The van der Waals surface area contributed by atoms with E-state index >= 15 is 0 Å². The van der Waals surface area contributed by atoms with E-state index in [0.717, 1.165) is 11.3 Å². The normalized spacial score (nSPS) is 10.4. The van der Waals surface area contributed by atoms with Gasteiger partial charge in [0.25, 0.3) is 0 Å². The molecule has 0 spiro atoms. The minimum Gasteiger partial charge on any atom is -0.369 e. The number of nitrogens with zero attached hydrogens (tertiary/aromatic N) is 1. The monoisotopic (exact) mass is 307 g/mol. The summed E-state index contributed by atoms with van der Waals surface area (Å²) < 4.78 is 0. The zero-order valence-corrected chi connectivity index (χ0v) is 12.9. The van der Waals surface area contributed by atoms with Crippen molar-refractivity contribution in [3.63, 3.8) is 0 Å². The van der Waals surface area contributed by atoms with Crippen LogP contribution in [0.25, 0.3) is 0 Å². The first kappa shape index (κ1) is 14.9. The molecule has 0 heterocycles. The molecule has 0 amide bonds. The molecule has 2 nitrogen and oxygen atoms in total. The lowest BCUT2D eigenvalue weighted by Crippen LogP contribution is -2.16. The standard InChI is InChI=1S/C16H15Cl2NO/c1-11(20)13-6-7-16(15(18)9-13)19(2)10-12-4-3-5-14(17)8-12/h3-9H,10H2,1-2H3. The largest absolute Gasteiger partial charge is 0.369 e. The van der Waals surface area contributed by atoms with Crippen LogP contribution in [-0.2, 0) is 6.54 Å². The lowest BCUT2D eigenvalue weighted by atomic mass is 10.1. The van der Waals surface area contributed by atoms with Crippen LogP contribution < -0.4 is 4.90 Å². The van der Waals surface area contributed by atoms with Crippen LogP contribution >= 0.6 is 23.2 Å². The second-order valence-electron chi connectivity index (χ2n) is 4.71. The molecule has 20 heavy (non-hydrogen) atoms. The first-order chi connectivity index (χ1) is 9.47. The van der Waals surface area contributed by atoms with Crippen LogP contribution in [0.3, 0.4) is 0 Å². The summed E-state index contributed by atoms with van der Waals surface area (Å²) in [6, 6.07) is 13.1. The maximum absolute atomic E-state index is 11.3. The van der Waals surface area contributed by atoms with Crippen LogP contribution in [-0.4, -0.2) is 12.8 Å². The van der Waals surface area contributed by atoms with Crippen molar-refractivity contribution >= 4 is 34.7 Å². The SMILES string of the molecule is CC(=O)c1ccc(N(C)Cc2cccc(Cl)c2)c(Cl)c1. The third-order valence-electron chi connectivity index (χ3n) is 3.07. The van der Waals surface area contributed by atoms with E-state index in [9.17, 15) is 4.79 Å². The van der Waals surface area contributed by atoms with Crippen molar-refractivity contribution in [1.82, 2.24) is 0 Å². The lowest BCUT2D eigenvalue weighted by molar-refractivity contribution is 0.101. The van der Waals surface area contributed by atoms with E-state index in [2.05, 4.69) is 0 Å². The summed E-state index contributed by atoms with van der Waals surface area (Å²) in [6.45, 7) is 2.22. The number of hydrogen-bond donors (Lipinski definition) is 0. The van der Waals surface area contributed by atoms with Gasteiger partial charge in [-0.15, -0.1) is 0 Å². The summed E-state index contributed by atoms with van der Waals surface area (Å²) in [7, 11) is 1.95. The Balaban J connectivity index is 2.21. The number of carbonyl (C=O) groups is 1. The van der Waals surface area contributed by atoms with Gasteiger partial charge in [-0.05, 0) is 42.8 Å². The molecular formula is C16H15Cl2NO. The molecule has 104 valence electrons. The highest BCUT2D eigenvalue weighted by Gasteiger charge is 2.09. The molecule has 0 bridgehead atoms. The summed E-state index contributed by atoms with van der Waals surface area (Å²) in [6.07, 6.45) is 0. The van der Waals surface area contributed by atoms with Gasteiger partial charge < -0.3 is 4.90 Å². The lowest BCUT2D eigenvalue weighted by Gasteiger charge is -2.21. The van der Waals surface area contributed by atoms with E-state index in [4.69, 9.17) is 23.2 Å². The molecule has 0 atom stereocenters. The van der Waals surface area contributed by atoms with E-state index in [1.54, 1.807) is 12.1 Å². The van der Waals surface area contributed by atoms with Gasteiger partial charge in [0.15, 0.2) is 5.78 Å². The summed E-state index contributed by atoms with van der Waals surface area (Å²) >= 11 is 12.2. The molecule has 0 saturated heterocycles. The molecule has 0 aliphatic heterocycles. The summed E-state index contributed by atoms with van der Waals surface area (Å²) in [4.78, 5) is 13.3. The fourth-order valence-electron chi connectivity index (χ4n) is 2.03. The summed E-state index contributed by atoms with van der Waals surface area (Å²) in [5.74, 6) is 0.0101. The van der Waals surface area contributed by atoms with E-state index in [1.165, 1.54) is 6.92 Å². The van der Waals surface area contributed by atoms with Gasteiger partial charge in [-0.3, -0.25) is 4.79 Å². The predicted octanol–water partition coefficient (Wildman–Crippen LogP) is 4.83. The Morgan fingerprint density at radius 1 is 1.15 bits per heavy atom. The molecule has 0 aliphatic carbocycles. The Labute approximate surface area is 128 Å². The third-order valence-corrected chi connectivity index (χ3v) is 3.61. The molecule has 0 radical (unpaired) electrons. The third kappa shape index (κ3) is 3.53. The first-order valence-corrected chi connectivity index (χ1v) is 6.99. The van der Waals surface area contributed by atoms with Crippen LogP contribution in [0.15, 0.2) is 42.5 Å². The Kier molecular flexibility index (Phi) is 4.69. The minimum atomic E-state index is 0.0101. The molecule has 2 rings (SSSR count). The zero-order valence-electron chi connectivity index (χ0n) is 11.4. The van der Waals surface area contributed by atoms with Crippen LogP contribution in [0, 0.1) is 0 Å². The maximum Gasteiger partial charge on any atom is 0.159 e. The van der Waals surface area contributed by atoms with Crippen LogP contribution in [0.1, 0.15) is 22.8 Å². The topological polar surface area (TPSA) is 20.3 Å². The molecule has 2 aromatic carbocycles. The Bertz CT molecular complexity index is 640. The molecule has 0 N–H and O–H groups in total. The van der Waals surface area contributed by atoms with Gasteiger partial charge in [0, 0.05) is 24.2 Å². The number of hydrogen-bond acceptors (Lipinski definition) is 2. The van der Waals surface area contributed by atoms with Gasteiger partial charge in [0.1, 0.15) is 0 Å². The Hall–Kier alpha value is -1.51. The minimum absolute atomic E-state index is 0.0101. The average molecular weight is 308 g/mol.